The molecule has 1 aromatic carbocycles. The summed E-state index contributed by atoms with van der Waals surface area (Å²) < 4.78 is 7.27. The van der Waals surface area contributed by atoms with Crippen LogP contribution in [0, 0.1) is 5.92 Å². The van der Waals surface area contributed by atoms with E-state index in [0.29, 0.717) is 11.7 Å². The van der Waals surface area contributed by atoms with Crippen LogP contribution in [-0.4, -0.2) is 18.6 Å². The summed E-state index contributed by atoms with van der Waals surface area (Å²) in [6.45, 7) is 2.10. The average Bonchev–Trinajstić information content (AvgIpc) is 3.11. The van der Waals surface area contributed by atoms with Gasteiger partial charge in [-0.05, 0) is 59.8 Å². The monoisotopic (exact) mass is 375 g/mol. The van der Waals surface area contributed by atoms with E-state index in [2.05, 4.69) is 37.2 Å². The van der Waals surface area contributed by atoms with Crippen molar-refractivity contribution in [3.63, 3.8) is 0 Å². The first-order valence-corrected chi connectivity index (χ1v) is 7.52. The van der Waals surface area contributed by atoms with E-state index in [1.165, 1.54) is 12.8 Å². The summed E-state index contributed by atoms with van der Waals surface area (Å²) in [5.41, 5.74) is 0. The number of carbonyl (C=O) groups is 1. The summed E-state index contributed by atoms with van der Waals surface area (Å²) in [7, 11) is 0. The molecule has 18 heavy (non-hydrogen) atoms. The van der Waals surface area contributed by atoms with Gasteiger partial charge >= 0.3 is 0 Å². The van der Waals surface area contributed by atoms with Gasteiger partial charge in [0, 0.05) is 10.5 Å². The lowest BCUT2D eigenvalue weighted by atomic mass is 10.2. The molecule has 0 unspecified atom stereocenters. The Bertz CT molecular complexity index is 447. The number of hydrogen-bond acceptors (Lipinski definition) is 2. The van der Waals surface area contributed by atoms with E-state index in [9.17, 15) is 4.79 Å². The largest absolute Gasteiger partial charge is 0.483 e. The summed E-state index contributed by atoms with van der Waals surface area (Å²) in [6, 6.07) is 5.85. The summed E-state index contributed by atoms with van der Waals surface area (Å²) in [6.07, 6.45) is 2.45. The Labute approximate surface area is 124 Å². The lowest BCUT2D eigenvalue weighted by molar-refractivity contribution is -0.123. The lowest BCUT2D eigenvalue weighted by Gasteiger charge is -2.13. The predicted molar refractivity (Wildman–Crippen MR) is 77.7 cm³/mol. The van der Waals surface area contributed by atoms with Crippen LogP contribution in [-0.2, 0) is 4.79 Å². The van der Waals surface area contributed by atoms with Crippen LogP contribution >= 0.6 is 31.9 Å². The standard InChI is InChI=1S/C13H15Br2NO2/c1-8(9-2-3-9)16-13(17)7-18-12-5-4-10(14)6-11(12)15/h4-6,8-9H,2-3,7H2,1H3,(H,16,17)/t8-/m1/s1. The van der Waals surface area contributed by atoms with Crippen LogP contribution in [0.25, 0.3) is 0 Å². The number of halogens is 2. The third kappa shape index (κ3) is 3.99. The Morgan fingerprint density at radius 1 is 1.50 bits per heavy atom. The molecule has 3 nitrogen and oxygen atoms in total. The van der Waals surface area contributed by atoms with Crippen molar-refractivity contribution in [1.29, 1.82) is 0 Å². The minimum atomic E-state index is -0.0655. The zero-order valence-corrected chi connectivity index (χ0v) is 13.3. The van der Waals surface area contributed by atoms with Crippen molar-refractivity contribution in [1.82, 2.24) is 5.32 Å². The first kappa shape index (κ1) is 13.9. The molecule has 98 valence electrons. The molecule has 2 rings (SSSR count). The van der Waals surface area contributed by atoms with Crippen LogP contribution in [0.3, 0.4) is 0 Å². The number of amides is 1. The zero-order chi connectivity index (χ0) is 13.1. The maximum atomic E-state index is 11.7. The van der Waals surface area contributed by atoms with Gasteiger partial charge in [0.15, 0.2) is 6.61 Å². The molecule has 1 aliphatic carbocycles. The first-order valence-electron chi connectivity index (χ1n) is 5.93. The lowest BCUT2D eigenvalue weighted by Crippen LogP contribution is -2.37. The van der Waals surface area contributed by atoms with Gasteiger partial charge in [0.05, 0.1) is 4.47 Å². The van der Waals surface area contributed by atoms with Gasteiger partial charge in [0.25, 0.3) is 5.91 Å². The quantitative estimate of drug-likeness (QED) is 0.853. The molecule has 5 heteroatoms. The highest BCUT2D eigenvalue weighted by molar-refractivity contribution is 9.11. The minimum absolute atomic E-state index is 0.0529. The van der Waals surface area contributed by atoms with Crippen LogP contribution in [0.5, 0.6) is 5.75 Å². The Kier molecular flexibility index (Phi) is 4.67. The van der Waals surface area contributed by atoms with E-state index in [1.807, 2.05) is 25.1 Å². The highest BCUT2D eigenvalue weighted by Crippen LogP contribution is 2.32. The normalized spacial score (nSPS) is 16.2. The van der Waals surface area contributed by atoms with Gasteiger partial charge < -0.3 is 10.1 Å². The van der Waals surface area contributed by atoms with Crippen LogP contribution < -0.4 is 10.1 Å². The number of carbonyl (C=O) groups excluding carboxylic acids is 1. The van der Waals surface area contributed by atoms with E-state index in [4.69, 9.17) is 4.74 Å². The third-order valence-corrected chi connectivity index (χ3v) is 4.08. The zero-order valence-electron chi connectivity index (χ0n) is 10.1. The molecule has 0 saturated heterocycles. The molecule has 1 saturated carbocycles. The Morgan fingerprint density at radius 3 is 2.83 bits per heavy atom. The maximum absolute atomic E-state index is 11.7. The molecule has 1 N–H and O–H groups in total. The molecule has 1 fully saturated rings. The van der Waals surface area contributed by atoms with Gasteiger partial charge in [-0.15, -0.1) is 0 Å². The van der Waals surface area contributed by atoms with E-state index < -0.39 is 0 Å². The van der Waals surface area contributed by atoms with Gasteiger partial charge in [-0.1, -0.05) is 15.9 Å². The van der Waals surface area contributed by atoms with Crippen molar-refractivity contribution in [2.24, 2.45) is 5.92 Å². The smallest absolute Gasteiger partial charge is 0.258 e. The van der Waals surface area contributed by atoms with Crippen molar-refractivity contribution in [3.8, 4) is 5.75 Å². The molecular formula is C13H15Br2NO2. The molecule has 0 aromatic heterocycles. The van der Waals surface area contributed by atoms with Crippen LogP contribution in [0.4, 0.5) is 0 Å². The van der Waals surface area contributed by atoms with Crippen LogP contribution in [0.2, 0.25) is 0 Å². The van der Waals surface area contributed by atoms with Gasteiger partial charge in [0.2, 0.25) is 0 Å². The van der Waals surface area contributed by atoms with Crippen molar-refractivity contribution in [2.75, 3.05) is 6.61 Å². The SMILES string of the molecule is C[C@@H](NC(=O)COc1ccc(Br)cc1Br)C1CC1. The number of hydrogen-bond donors (Lipinski definition) is 1. The predicted octanol–water partition coefficient (Wildman–Crippen LogP) is 3.51. The molecule has 0 heterocycles. The fourth-order valence-corrected chi connectivity index (χ4v) is 2.91. The molecule has 1 amide bonds. The van der Waals surface area contributed by atoms with Gasteiger partial charge in [-0.25, -0.2) is 0 Å². The van der Waals surface area contributed by atoms with E-state index >= 15 is 0 Å². The van der Waals surface area contributed by atoms with Gasteiger partial charge in [-0.3, -0.25) is 4.79 Å². The highest BCUT2D eigenvalue weighted by Gasteiger charge is 2.28. The molecule has 1 aliphatic rings. The Balaban J connectivity index is 1.81. The average molecular weight is 377 g/mol. The summed E-state index contributed by atoms with van der Waals surface area (Å²) in [4.78, 5) is 11.7. The molecule has 1 aromatic rings. The van der Waals surface area contributed by atoms with Crippen LogP contribution in [0.1, 0.15) is 19.8 Å². The second-order valence-corrected chi connectivity index (χ2v) is 6.33. The Morgan fingerprint density at radius 2 is 2.22 bits per heavy atom. The molecule has 0 bridgehead atoms. The number of ether oxygens (including phenoxy) is 1. The molecule has 0 spiro atoms. The number of rotatable bonds is 5. The van der Waals surface area contributed by atoms with Crippen molar-refractivity contribution in [3.05, 3.63) is 27.1 Å². The second kappa shape index (κ2) is 6.06. The van der Waals surface area contributed by atoms with Crippen LogP contribution in [0.15, 0.2) is 27.1 Å². The minimum Gasteiger partial charge on any atom is -0.483 e. The van der Waals surface area contributed by atoms with Crippen molar-refractivity contribution in [2.45, 2.75) is 25.8 Å². The highest BCUT2D eigenvalue weighted by atomic mass is 79.9. The molecular weight excluding hydrogens is 362 g/mol. The van der Waals surface area contributed by atoms with E-state index in [-0.39, 0.29) is 18.6 Å². The summed E-state index contributed by atoms with van der Waals surface area (Å²) in [5, 5.41) is 2.95. The first-order chi connectivity index (χ1) is 8.56. The molecule has 0 aliphatic heterocycles. The summed E-state index contributed by atoms with van der Waals surface area (Å²) >= 11 is 6.76. The number of benzene rings is 1. The Hall–Kier alpha value is -0.550. The van der Waals surface area contributed by atoms with E-state index in [1.54, 1.807) is 0 Å². The topological polar surface area (TPSA) is 38.3 Å². The number of nitrogens with one attached hydrogen (secondary N) is 1. The second-order valence-electron chi connectivity index (χ2n) is 4.56. The maximum Gasteiger partial charge on any atom is 0.258 e. The van der Waals surface area contributed by atoms with E-state index in [0.717, 1.165) is 8.95 Å². The van der Waals surface area contributed by atoms with Crippen molar-refractivity contribution < 1.29 is 9.53 Å². The van der Waals surface area contributed by atoms with Crippen molar-refractivity contribution >= 4 is 37.8 Å². The fraction of sp³-hybridized carbons (Fsp3) is 0.462. The van der Waals surface area contributed by atoms with Gasteiger partial charge in [-0.2, -0.15) is 0 Å². The molecule has 1 atom stereocenters. The molecule has 0 radical (unpaired) electrons. The summed E-state index contributed by atoms with van der Waals surface area (Å²) in [5.74, 6) is 1.27. The van der Waals surface area contributed by atoms with Gasteiger partial charge in [0.1, 0.15) is 5.75 Å². The fourth-order valence-electron chi connectivity index (χ4n) is 1.75. The third-order valence-electron chi connectivity index (χ3n) is 2.97.